The number of carbonyl (C=O) groups is 2. The third-order valence-corrected chi connectivity index (χ3v) is 3.79. The highest BCUT2D eigenvalue weighted by atomic mass is 32.2. The lowest BCUT2D eigenvalue weighted by molar-refractivity contribution is -0.153. The summed E-state index contributed by atoms with van der Waals surface area (Å²) in [5.74, 6) is -0.875. The predicted molar refractivity (Wildman–Crippen MR) is 61.8 cm³/mol. The molecule has 0 spiro atoms. The van der Waals surface area contributed by atoms with E-state index in [1.165, 1.54) is 0 Å². The van der Waals surface area contributed by atoms with E-state index in [9.17, 15) is 14.7 Å². The van der Waals surface area contributed by atoms with Gasteiger partial charge >= 0.3 is 5.97 Å². The van der Waals surface area contributed by atoms with Gasteiger partial charge in [0.2, 0.25) is 0 Å². The maximum Gasteiger partial charge on any atom is 0.315 e. The van der Waals surface area contributed by atoms with E-state index in [4.69, 9.17) is 0 Å². The van der Waals surface area contributed by atoms with Crippen LogP contribution in [0.2, 0.25) is 0 Å². The lowest BCUT2D eigenvalue weighted by Crippen LogP contribution is -2.48. The van der Waals surface area contributed by atoms with Crippen LogP contribution in [0.15, 0.2) is 29.2 Å². The van der Waals surface area contributed by atoms with Crippen LogP contribution in [0, 0.1) is 0 Å². The molecule has 4 heteroatoms. The molecule has 1 aliphatic carbocycles. The Morgan fingerprint density at radius 1 is 1.31 bits per heavy atom. The van der Waals surface area contributed by atoms with Gasteiger partial charge in [-0.05, 0) is 24.0 Å². The standard InChI is InChI=1S/C12H12O3S/c1-16-10-4-2-8(3-5-10)12(11(14)15)6-9(13)7-12/h2-5H,6-7H2,1H3,(H,14,15). The zero-order valence-electron chi connectivity index (χ0n) is 8.90. The number of hydrogen-bond donors (Lipinski definition) is 1. The summed E-state index contributed by atoms with van der Waals surface area (Å²) in [5.41, 5.74) is -0.231. The van der Waals surface area contributed by atoms with Gasteiger partial charge < -0.3 is 5.11 Å². The molecule has 1 aromatic rings. The summed E-state index contributed by atoms with van der Waals surface area (Å²) in [7, 11) is 0. The fourth-order valence-corrected chi connectivity index (χ4v) is 2.42. The summed E-state index contributed by atoms with van der Waals surface area (Å²) in [4.78, 5) is 23.4. The lowest BCUT2D eigenvalue weighted by atomic mass is 9.64. The van der Waals surface area contributed by atoms with Crippen molar-refractivity contribution in [3.63, 3.8) is 0 Å². The highest BCUT2D eigenvalue weighted by Gasteiger charge is 2.51. The molecule has 0 aromatic heterocycles. The van der Waals surface area contributed by atoms with E-state index < -0.39 is 11.4 Å². The number of carboxylic acid groups (broad SMARTS) is 1. The van der Waals surface area contributed by atoms with Crippen LogP contribution in [-0.2, 0) is 15.0 Å². The molecule has 0 atom stereocenters. The molecule has 0 amide bonds. The lowest BCUT2D eigenvalue weighted by Gasteiger charge is -2.36. The Bertz CT molecular complexity index is 428. The Morgan fingerprint density at radius 2 is 1.88 bits per heavy atom. The van der Waals surface area contributed by atoms with Gasteiger partial charge in [0.1, 0.15) is 11.2 Å². The van der Waals surface area contributed by atoms with Crippen LogP contribution in [0.4, 0.5) is 0 Å². The number of thioether (sulfide) groups is 1. The summed E-state index contributed by atoms with van der Waals surface area (Å²) in [6.07, 6.45) is 2.22. The molecule has 1 fully saturated rings. The molecule has 1 N–H and O–H groups in total. The minimum Gasteiger partial charge on any atom is -0.481 e. The summed E-state index contributed by atoms with van der Waals surface area (Å²) < 4.78 is 0. The molecular weight excluding hydrogens is 224 g/mol. The molecule has 1 aromatic carbocycles. The van der Waals surface area contributed by atoms with E-state index in [1.807, 2.05) is 30.5 Å². The summed E-state index contributed by atoms with van der Waals surface area (Å²) in [5, 5.41) is 9.22. The average molecular weight is 236 g/mol. The zero-order chi connectivity index (χ0) is 11.8. The van der Waals surface area contributed by atoms with Crippen LogP contribution in [-0.4, -0.2) is 23.1 Å². The van der Waals surface area contributed by atoms with Gasteiger partial charge in [-0.1, -0.05) is 12.1 Å². The number of ketones is 1. The average Bonchev–Trinajstić information content (AvgIpc) is 2.24. The van der Waals surface area contributed by atoms with Crippen molar-refractivity contribution in [2.75, 3.05) is 6.26 Å². The van der Waals surface area contributed by atoms with Crippen molar-refractivity contribution >= 4 is 23.5 Å². The predicted octanol–water partition coefficient (Wildman–Crippen LogP) is 2.09. The number of hydrogen-bond acceptors (Lipinski definition) is 3. The van der Waals surface area contributed by atoms with Gasteiger partial charge in [0.25, 0.3) is 0 Å². The fourth-order valence-electron chi connectivity index (χ4n) is 2.01. The van der Waals surface area contributed by atoms with Crippen molar-refractivity contribution < 1.29 is 14.7 Å². The molecular formula is C12H12O3S. The van der Waals surface area contributed by atoms with Crippen molar-refractivity contribution in [1.29, 1.82) is 0 Å². The number of Topliss-reactive ketones (excluding diaryl/α,β-unsaturated/α-hetero) is 1. The van der Waals surface area contributed by atoms with Crippen LogP contribution in [0.5, 0.6) is 0 Å². The van der Waals surface area contributed by atoms with Gasteiger partial charge in [-0.2, -0.15) is 0 Å². The molecule has 1 saturated carbocycles. The Hall–Kier alpha value is -1.29. The molecule has 16 heavy (non-hydrogen) atoms. The number of aliphatic carboxylic acids is 1. The monoisotopic (exact) mass is 236 g/mol. The number of carboxylic acids is 1. The summed E-state index contributed by atoms with van der Waals surface area (Å²) >= 11 is 1.61. The van der Waals surface area contributed by atoms with Crippen LogP contribution >= 0.6 is 11.8 Å². The fraction of sp³-hybridized carbons (Fsp3) is 0.333. The van der Waals surface area contributed by atoms with Crippen LogP contribution in [0.3, 0.4) is 0 Å². The van der Waals surface area contributed by atoms with Crippen molar-refractivity contribution in [2.24, 2.45) is 0 Å². The second-order valence-corrected chi connectivity index (χ2v) is 4.89. The second-order valence-electron chi connectivity index (χ2n) is 4.01. The third kappa shape index (κ3) is 1.63. The third-order valence-electron chi connectivity index (χ3n) is 3.05. The molecule has 0 radical (unpaired) electrons. The minimum atomic E-state index is -0.964. The molecule has 2 rings (SSSR count). The van der Waals surface area contributed by atoms with E-state index in [0.29, 0.717) is 0 Å². The Kier molecular flexibility index (Phi) is 2.76. The molecule has 0 aliphatic heterocycles. The largest absolute Gasteiger partial charge is 0.481 e. The van der Waals surface area contributed by atoms with E-state index in [1.54, 1.807) is 11.8 Å². The maximum atomic E-state index is 11.2. The van der Waals surface area contributed by atoms with Gasteiger partial charge in [-0.25, -0.2) is 0 Å². The van der Waals surface area contributed by atoms with Gasteiger partial charge in [0.05, 0.1) is 0 Å². The summed E-state index contributed by atoms with van der Waals surface area (Å²) in [6, 6.07) is 7.42. The Morgan fingerprint density at radius 3 is 2.25 bits per heavy atom. The minimum absolute atomic E-state index is 0.0244. The van der Waals surface area contributed by atoms with Gasteiger partial charge in [0, 0.05) is 17.7 Å². The molecule has 3 nitrogen and oxygen atoms in total. The normalized spacial score (nSPS) is 17.9. The first-order valence-corrected chi connectivity index (χ1v) is 6.20. The SMILES string of the molecule is CSc1ccc(C2(C(=O)O)CC(=O)C2)cc1. The molecule has 0 unspecified atom stereocenters. The first-order valence-electron chi connectivity index (χ1n) is 4.98. The van der Waals surface area contributed by atoms with E-state index in [-0.39, 0.29) is 18.6 Å². The maximum absolute atomic E-state index is 11.2. The first kappa shape index (κ1) is 11.2. The molecule has 1 aliphatic rings. The van der Waals surface area contributed by atoms with Crippen molar-refractivity contribution in [3.8, 4) is 0 Å². The topological polar surface area (TPSA) is 54.4 Å². The Labute approximate surface area is 97.9 Å². The summed E-state index contributed by atoms with van der Waals surface area (Å²) in [6.45, 7) is 0. The second kappa shape index (κ2) is 3.94. The van der Waals surface area contributed by atoms with Crippen molar-refractivity contribution in [1.82, 2.24) is 0 Å². The smallest absolute Gasteiger partial charge is 0.315 e. The molecule has 84 valence electrons. The highest BCUT2D eigenvalue weighted by Crippen LogP contribution is 2.41. The van der Waals surface area contributed by atoms with Crippen molar-refractivity contribution in [2.45, 2.75) is 23.2 Å². The van der Waals surface area contributed by atoms with E-state index >= 15 is 0 Å². The van der Waals surface area contributed by atoms with Crippen LogP contribution in [0.1, 0.15) is 18.4 Å². The van der Waals surface area contributed by atoms with Crippen LogP contribution in [0.25, 0.3) is 0 Å². The molecule has 0 heterocycles. The zero-order valence-corrected chi connectivity index (χ0v) is 9.71. The first-order chi connectivity index (χ1) is 7.58. The number of rotatable bonds is 3. The quantitative estimate of drug-likeness (QED) is 0.816. The number of carbonyl (C=O) groups excluding carboxylic acids is 1. The van der Waals surface area contributed by atoms with Gasteiger partial charge in [-0.3, -0.25) is 9.59 Å². The van der Waals surface area contributed by atoms with Crippen LogP contribution < -0.4 is 0 Å². The van der Waals surface area contributed by atoms with E-state index in [0.717, 1.165) is 10.5 Å². The highest BCUT2D eigenvalue weighted by molar-refractivity contribution is 7.98. The Balaban J connectivity index is 2.33. The van der Waals surface area contributed by atoms with Gasteiger partial charge in [0.15, 0.2) is 0 Å². The van der Waals surface area contributed by atoms with E-state index in [2.05, 4.69) is 0 Å². The molecule has 0 bridgehead atoms. The van der Waals surface area contributed by atoms with Gasteiger partial charge in [-0.15, -0.1) is 11.8 Å². The van der Waals surface area contributed by atoms with Crippen molar-refractivity contribution in [3.05, 3.63) is 29.8 Å². The molecule has 0 saturated heterocycles. The number of benzene rings is 1.